The lowest BCUT2D eigenvalue weighted by molar-refractivity contribution is -0.132. The van der Waals surface area contributed by atoms with Gasteiger partial charge in [-0.25, -0.2) is 4.68 Å². The molecule has 0 fully saturated rings. The van der Waals surface area contributed by atoms with Crippen molar-refractivity contribution in [3.63, 3.8) is 0 Å². The van der Waals surface area contributed by atoms with E-state index >= 15 is 0 Å². The number of aliphatic hydroxyl groups excluding tert-OH is 1. The van der Waals surface area contributed by atoms with Crippen molar-refractivity contribution < 1.29 is 9.90 Å². The fourth-order valence-corrected chi connectivity index (χ4v) is 1.59. The zero-order valence-electron chi connectivity index (χ0n) is 9.40. The van der Waals surface area contributed by atoms with Gasteiger partial charge in [-0.05, 0) is 6.42 Å². The molecule has 0 aliphatic rings. The third kappa shape index (κ3) is 3.94. The molecule has 0 amide bonds. The molecule has 0 radical (unpaired) electrons. The molecule has 0 saturated heterocycles. The maximum atomic E-state index is 11.6. The monoisotopic (exact) mass is 244 g/mol. The number of halogens is 1. The zero-order valence-corrected chi connectivity index (χ0v) is 10.2. The van der Waals surface area contributed by atoms with E-state index in [0.29, 0.717) is 11.4 Å². The Kier molecular flexibility index (Phi) is 5.49. The number of rotatable bonds is 7. The van der Waals surface area contributed by atoms with Crippen LogP contribution in [0, 0.1) is 0 Å². The first kappa shape index (κ1) is 13.2. The number of aromatic nitrogens is 2. The molecule has 0 spiro atoms. The molecule has 4 nitrogen and oxygen atoms in total. The van der Waals surface area contributed by atoms with Gasteiger partial charge in [-0.2, -0.15) is 5.10 Å². The smallest absolute Gasteiger partial charge is 0.206 e. The molecule has 1 aromatic heterocycles. The van der Waals surface area contributed by atoms with E-state index < -0.39 is 6.23 Å². The van der Waals surface area contributed by atoms with Gasteiger partial charge < -0.3 is 5.11 Å². The molecule has 1 heterocycles. The second-order valence-electron chi connectivity index (χ2n) is 3.79. The zero-order chi connectivity index (χ0) is 12.0. The summed E-state index contributed by atoms with van der Waals surface area (Å²) >= 11 is 5.65. The fourth-order valence-electron chi connectivity index (χ4n) is 1.45. The lowest BCUT2D eigenvalue weighted by atomic mass is 10.1. The first-order valence-corrected chi connectivity index (χ1v) is 5.93. The highest BCUT2D eigenvalue weighted by Gasteiger charge is 2.16. The first-order chi connectivity index (χ1) is 7.65. The van der Waals surface area contributed by atoms with Gasteiger partial charge in [0, 0.05) is 12.6 Å². The van der Waals surface area contributed by atoms with E-state index in [-0.39, 0.29) is 5.78 Å². The summed E-state index contributed by atoms with van der Waals surface area (Å²) in [6, 6.07) is 0. The molecule has 0 bridgehead atoms. The Morgan fingerprint density at radius 1 is 1.56 bits per heavy atom. The number of aliphatic hydroxyl groups is 1. The third-order valence-corrected chi connectivity index (χ3v) is 2.58. The summed E-state index contributed by atoms with van der Waals surface area (Å²) in [6.07, 6.45) is 6.12. The van der Waals surface area contributed by atoms with Gasteiger partial charge in [0.25, 0.3) is 0 Å². The molecule has 1 atom stereocenters. The predicted molar refractivity (Wildman–Crippen MR) is 62.3 cm³/mol. The van der Waals surface area contributed by atoms with Crippen LogP contribution in [0.25, 0.3) is 0 Å². The maximum absolute atomic E-state index is 11.6. The molecular weight excluding hydrogens is 228 g/mol. The number of nitrogens with zero attached hydrogens (tertiary/aromatic N) is 2. The first-order valence-electron chi connectivity index (χ1n) is 5.55. The number of carbonyl (C=O) groups excluding carboxylic acids is 1. The summed E-state index contributed by atoms with van der Waals surface area (Å²) in [5.41, 5.74) is 0. The standard InChI is InChI=1S/C11H17ClN2O2/c1-2-3-4-5-6-10(15)11(16)14-8-9(12)7-13-14/h7-8,11,16H,2-6H2,1H3. The van der Waals surface area contributed by atoms with Crippen molar-refractivity contribution in [1.82, 2.24) is 9.78 Å². The van der Waals surface area contributed by atoms with Crippen LogP contribution in [-0.2, 0) is 4.79 Å². The van der Waals surface area contributed by atoms with Gasteiger partial charge in [-0.1, -0.05) is 37.8 Å². The van der Waals surface area contributed by atoms with Gasteiger partial charge in [-0.3, -0.25) is 4.79 Å². The molecule has 5 heteroatoms. The summed E-state index contributed by atoms with van der Waals surface area (Å²) in [4.78, 5) is 11.6. The molecule has 1 N–H and O–H groups in total. The summed E-state index contributed by atoms with van der Waals surface area (Å²) in [5, 5.41) is 13.9. The van der Waals surface area contributed by atoms with Gasteiger partial charge in [0.1, 0.15) is 0 Å². The molecule has 90 valence electrons. The van der Waals surface area contributed by atoms with Gasteiger partial charge in [0.2, 0.25) is 6.23 Å². The Labute approximate surface area is 100 Å². The largest absolute Gasteiger partial charge is 0.366 e. The van der Waals surface area contributed by atoms with Crippen molar-refractivity contribution in [3.8, 4) is 0 Å². The lowest BCUT2D eigenvalue weighted by Crippen LogP contribution is -2.19. The van der Waals surface area contributed by atoms with Crippen LogP contribution in [-0.4, -0.2) is 20.7 Å². The van der Waals surface area contributed by atoms with Crippen molar-refractivity contribution >= 4 is 17.4 Å². The van der Waals surface area contributed by atoms with Crippen LogP contribution in [0.15, 0.2) is 12.4 Å². The molecular formula is C11H17ClN2O2. The van der Waals surface area contributed by atoms with Crippen molar-refractivity contribution in [2.75, 3.05) is 0 Å². The number of ketones is 1. The second kappa shape index (κ2) is 6.66. The van der Waals surface area contributed by atoms with Crippen molar-refractivity contribution in [2.45, 2.75) is 45.3 Å². The van der Waals surface area contributed by atoms with E-state index in [1.54, 1.807) is 0 Å². The molecule has 1 unspecified atom stereocenters. The second-order valence-corrected chi connectivity index (χ2v) is 4.23. The van der Waals surface area contributed by atoms with E-state index in [0.717, 1.165) is 25.7 Å². The Balaban J connectivity index is 2.36. The number of hydrogen-bond donors (Lipinski definition) is 1. The Bertz CT molecular complexity index is 338. The SMILES string of the molecule is CCCCCCC(=O)C(O)n1cc(Cl)cn1. The van der Waals surface area contributed by atoms with Crippen molar-refractivity contribution in [2.24, 2.45) is 0 Å². The van der Waals surface area contributed by atoms with Gasteiger partial charge >= 0.3 is 0 Å². The predicted octanol–water partition coefficient (Wildman–Crippen LogP) is 2.57. The normalized spacial score (nSPS) is 12.7. The minimum absolute atomic E-state index is 0.212. The van der Waals surface area contributed by atoms with Crippen LogP contribution >= 0.6 is 11.6 Å². The lowest BCUT2D eigenvalue weighted by Gasteiger charge is -2.09. The Morgan fingerprint density at radius 2 is 2.31 bits per heavy atom. The van der Waals surface area contributed by atoms with Crippen LogP contribution in [0.1, 0.15) is 45.3 Å². The average molecular weight is 245 g/mol. The quantitative estimate of drug-likeness (QED) is 0.750. The molecule has 0 aliphatic heterocycles. The average Bonchev–Trinajstić information content (AvgIpc) is 2.70. The van der Waals surface area contributed by atoms with E-state index in [2.05, 4.69) is 12.0 Å². The Morgan fingerprint density at radius 3 is 2.88 bits per heavy atom. The summed E-state index contributed by atoms with van der Waals surface area (Å²) < 4.78 is 1.19. The van der Waals surface area contributed by atoms with Crippen LogP contribution in [0.4, 0.5) is 0 Å². The van der Waals surface area contributed by atoms with Crippen molar-refractivity contribution in [1.29, 1.82) is 0 Å². The fraction of sp³-hybridized carbons (Fsp3) is 0.636. The van der Waals surface area contributed by atoms with Crippen LogP contribution in [0.5, 0.6) is 0 Å². The minimum Gasteiger partial charge on any atom is -0.366 e. The number of carbonyl (C=O) groups is 1. The van der Waals surface area contributed by atoms with Crippen molar-refractivity contribution in [3.05, 3.63) is 17.4 Å². The van der Waals surface area contributed by atoms with E-state index in [1.165, 1.54) is 17.1 Å². The van der Waals surface area contributed by atoms with Gasteiger partial charge in [-0.15, -0.1) is 0 Å². The van der Waals surface area contributed by atoms with E-state index in [1.807, 2.05) is 0 Å². The van der Waals surface area contributed by atoms with E-state index in [4.69, 9.17) is 11.6 Å². The third-order valence-electron chi connectivity index (χ3n) is 2.39. The topological polar surface area (TPSA) is 55.1 Å². The van der Waals surface area contributed by atoms with Gasteiger partial charge in [0.05, 0.1) is 11.2 Å². The minimum atomic E-state index is -1.20. The molecule has 0 aromatic carbocycles. The molecule has 1 rings (SSSR count). The molecule has 0 saturated carbocycles. The molecule has 16 heavy (non-hydrogen) atoms. The highest BCUT2D eigenvalue weighted by molar-refractivity contribution is 6.30. The number of hydrogen-bond acceptors (Lipinski definition) is 3. The van der Waals surface area contributed by atoms with Crippen LogP contribution in [0.2, 0.25) is 5.02 Å². The summed E-state index contributed by atoms with van der Waals surface area (Å²) in [5.74, 6) is -0.212. The number of Topliss-reactive ketones (excluding diaryl/α,β-unsaturated/α-hetero) is 1. The van der Waals surface area contributed by atoms with Gasteiger partial charge in [0.15, 0.2) is 5.78 Å². The summed E-state index contributed by atoms with van der Waals surface area (Å²) in [6.45, 7) is 2.11. The maximum Gasteiger partial charge on any atom is 0.206 e. The highest BCUT2D eigenvalue weighted by Crippen LogP contribution is 2.13. The van der Waals surface area contributed by atoms with Crippen LogP contribution in [0.3, 0.4) is 0 Å². The van der Waals surface area contributed by atoms with E-state index in [9.17, 15) is 9.90 Å². The summed E-state index contributed by atoms with van der Waals surface area (Å²) in [7, 11) is 0. The van der Waals surface area contributed by atoms with Crippen LogP contribution < -0.4 is 0 Å². The Hall–Kier alpha value is -0.870. The molecule has 1 aromatic rings. The number of unbranched alkanes of at least 4 members (excludes halogenated alkanes) is 3. The molecule has 0 aliphatic carbocycles. The highest BCUT2D eigenvalue weighted by atomic mass is 35.5.